The molecule has 0 radical (unpaired) electrons. The summed E-state index contributed by atoms with van der Waals surface area (Å²) in [6.45, 7) is 5.54. The van der Waals surface area contributed by atoms with Gasteiger partial charge in [0, 0.05) is 44.1 Å². The van der Waals surface area contributed by atoms with E-state index in [1.807, 2.05) is 0 Å². The van der Waals surface area contributed by atoms with Crippen LogP contribution < -0.4 is 10.6 Å². The fraction of sp³-hybridized carbons (Fsp3) is 0.647. The number of anilines is 1. The lowest BCUT2D eigenvalue weighted by molar-refractivity contribution is 0.660. The molecule has 0 unspecified atom stereocenters. The van der Waals surface area contributed by atoms with Crippen LogP contribution in [0, 0.1) is 0 Å². The third-order valence-corrected chi connectivity index (χ3v) is 5.10. The van der Waals surface area contributed by atoms with Gasteiger partial charge in [0.2, 0.25) is 0 Å². The van der Waals surface area contributed by atoms with E-state index in [0.717, 1.165) is 50.1 Å². The van der Waals surface area contributed by atoms with Gasteiger partial charge in [-0.25, -0.2) is 9.97 Å². The fourth-order valence-corrected chi connectivity index (χ4v) is 3.73. The molecular weight excluding hydrogens is 302 g/mol. The van der Waals surface area contributed by atoms with E-state index in [9.17, 15) is 0 Å². The molecule has 0 atom stereocenters. The van der Waals surface area contributed by atoms with Gasteiger partial charge in [-0.15, -0.1) is 10.2 Å². The standard InChI is InChI=1S/C17H25N7/c1-2-24-11-20-23-15(24)7-8-19-17-13-9-18-10-14(13)21-16(22-17)12-5-3-4-6-12/h11-12,18H,2-10H2,1H3,(H,19,21,22). The van der Waals surface area contributed by atoms with Crippen LogP contribution in [0.25, 0.3) is 0 Å². The minimum Gasteiger partial charge on any atom is -0.369 e. The monoisotopic (exact) mass is 327 g/mol. The van der Waals surface area contributed by atoms with Crippen molar-refractivity contribution in [2.75, 3.05) is 11.9 Å². The van der Waals surface area contributed by atoms with E-state index < -0.39 is 0 Å². The Morgan fingerprint density at radius 3 is 2.96 bits per heavy atom. The van der Waals surface area contributed by atoms with Gasteiger partial charge in [0.05, 0.1) is 5.69 Å². The Bertz CT molecular complexity index is 703. The predicted molar refractivity (Wildman–Crippen MR) is 91.7 cm³/mol. The predicted octanol–water partition coefficient (Wildman–Crippen LogP) is 2.00. The molecule has 7 heteroatoms. The van der Waals surface area contributed by atoms with Crippen LogP contribution in [0.15, 0.2) is 6.33 Å². The van der Waals surface area contributed by atoms with Gasteiger partial charge in [0.1, 0.15) is 23.8 Å². The second kappa shape index (κ2) is 6.84. The summed E-state index contributed by atoms with van der Waals surface area (Å²) in [5, 5.41) is 15.1. The lowest BCUT2D eigenvalue weighted by Gasteiger charge is -2.14. The van der Waals surface area contributed by atoms with E-state index in [1.165, 1.54) is 36.9 Å². The molecule has 0 saturated heterocycles. The Hall–Kier alpha value is -2.02. The SMILES string of the molecule is CCn1cnnc1CCNc1nc(C2CCCC2)nc2c1CNC2. The summed E-state index contributed by atoms with van der Waals surface area (Å²) in [4.78, 5) is 9.72. The van der Waals surface area contributed by atoms with Crippen molar-refractivity contribution in [3.63, 3.8) is 0 Å². The first kappa shape index (κ1) is 15.5. The maximum atomic E-state index is 4.88. The van der Waals surface area contributed by atoms with Crippen molar-refractivity contribution in [2.24, 2.45) is 0 Å². The third kappa shape index (κ3) is 3.00. The first-order chi connectivity index (χ1) is 11.8. The van der Waals surface area contributed by atoms with Gasteiger partial charge in [-0.05, 0) is 19.8 Å². The van der Waals surface area contributed by atoms with Crippen LogP contribution in [0.3, 0.4) is 0 Å². The topological polar surface area (TPSA) is 80.6 Å². The Morgan fingerprint density at radius 2 is 2.12 bits per heavy atom. The van der Waals surface area contributed by atoms with E-state index in [-0.39, 0.29) is 0 Å². The van der Waals surface area contributed by atoms with E-state index in [0.29, 0.717) is 5.92 Å². The molecule has 1 saturated carbocycles. The number of fused-ring (bicyclic) bond motifs is 1. The number of rotatable bonds is 6. The Balaban J connectivity index is 1.49. The number of nitrogens with zero attached hydrogens (tertiary/aromatic N) is 5. The van der Waals surface area contributed by atoms with Crippen molar-refractivity contribution in [3.8, 4) is 0 Å². The lowest BCUT2D eigenvalue weighted by atomic mass is 10.1. The van der Waals surface area contributed by atoms with Crippen LogP contribution in [0.2, 0.25) is 0 Å². The highest BCUT2D eigenvalue weighted by Gasteiger charge is 2.25. The molecule has 0 amide bonds. The molecule has 1 aliphatic heterocycles. The maximum Gasteiger partial charge on any atom is 0.134 e. The summed E-state index contributed by atoms with van der Waals surface area (Å²) >= 11 is 0. The second-order valence-electron chi connectivity index (χ2n) is 6.65. The average molecular weight is 327 g/mol. The van der Waals surface area contributed by atoms with Crippen LogP contribution in [0.1, 0.15) is 61.4 Å². The van der Waals surface area contributed by atoms with Crippen molar-refractivity contribution < 1.29 is 0 Å². The number of nitrogens with one attached hydrogen (secondary N) is 2. The highest BCUT2D eigenvalue weighted by atomic mass is 15.3. The zero-order valence-corrected chi connectivity index (χ0v) is 14.3. The van der Waals surface area contributed by atoms with Crippen LogP contribution >= 0.6 is 0 Å². The zero-order chi connectivity index (χ0) is 16.4. The summed E-state index contributed by atoms with van der Waals surface area (Å²) in [6.07, 6.45) is 7.70. The molecule has 1 aliphatic carbocycles. The molecule has 2 N–H and O–H groups in total. The van der Waals surface area contributed by atoms with Crippen molar-refractivity contribution in [3.05, 3.63) is 29.2 Å². The molecule has 128 valence electrons. The Labute approximate surface area is 142 Å². The first-order valence-electron chi connectivity index (χ1n) is 9.06. The van der Waals surface area contributed by atoms with Crippen LogP contribution in [-0.2, 0) is 26.1 Å². The van der Waals surface area contributed by atoms with Gasteiger partial charge in [0.25, 0.3) is 0 Å². The van der Waals surface area contributed by atoms with Crippen molar-refractivity contribution in [2.45, 2.75) is 64.6 Å². The largest absolute Gasteiger partial charge is 0.369 e. The summed E-state index contributed by atoms with van der Waals surface area (Å²) in [7, 11) is 0. The van der Waals surface area contributed by atoms with Gasteiger partial charge >= 0.3 is 0 Å². The summed E-state index contributed by atoms with van der Waals surface area (Å²) in [6, 6.07) is 0. The highest BCUT2D eigenvalue weighted by molar-refractivity contribution is 5.48. The van der Waals surface area contributed by atoms with Crippen LogP contribution in [0.4, 0.5) is 5.82 Å². The minimum absolute atomic E-state index is 0.541. The number of aryl methyl sites for hydroxylation is 1. The minimum atomic E-state index is 0.541. The van der Waals surface area contributed by atoms with Gasteiger partial charge in [-0.3, -0.25) is 0 Å². The van der Waals surface area contributed by atoms with Crippen molar-refractivity contribution in [1.82, 2.24) is 30.0 Å². The third-order valence-electron chi connectivity index (χ3n) is 5.10. The van der Waals surface area contributed by atoms with E-state index >= 15 is 0 Å². The summed E-state index contributed by atoms with van der Waals surface area (Å²) in [5.41, 5.74) is 2.40. The summed E-state index contributed by atoms with van der Waals surface area (Å²) in [5.74, 6) is 3.60. The lowest BCUT2D eigenvalue weighted by Crippen LogP contribution is -2.14. The van der Waals surface area contributed by atoms with E-state index in [1.54, 1.807) is 6.33 Å². The number of aromatic nitrogens is 5. The molecule has 0 bridgehead atoms. The molecule has 1 fully saturated rings. The first-order valence-corrected chi connectivity index (χ1v) is 9.06. The molecule has 7 nitrogen and oxygen atoms in total. The van der Waals surface area contributed by atoms with E-state index in [2.05, 4.69) is 32.3 Å². The smallest absolute Gasteiger partial charge is 0.134 e. The van der Waals surface area contributed by atoms with Gasteiger partial charge in [-0.2, -0.15) is 0 Å². The van der Waals surface area contributed by atoms with Gasteiger partial charge in [-0.1, -0.05) is 12.8 Å². The molecule has 4 rings (SSSR count). The maximum absolute atomic E-state index is 4.88. The molecule has 0 aromatic carbocycles. The number of hydrogen-bond acceptors (Lipinski definition) is 6. The van der Waals surface area contributed by atoms with Gasteiger partial charge in [0.15, 0.2) is 0 Å². The molecule has 24 heavy (non-hydrogen) atoms. The summed E-state index contributed by atoms with van der Waals surface area (Å²) < 4.78 is 2.08. The highest BCUT2D eigenvalue weighted by Crippen LogP contribution is 2.34. The molecule has 3 heterocycles. The molecule has 0 spiro atoms. The molecule has 2 aromatic rings. The molecule has 2 aromatic heterocycles. The second-order valence-corrected chi connectivity index (χ2v) is 6.65. The van der Waals surface area contributed by atoms with Crippen molar-refractivity contribution >= 4 is 5.82 Å². The normalized spacial score (nSPS) is 17.4. The molecule has 2 aliphatic rings. The quantitative estimate of drug-likeness (QED) is 0.845. The average Bonchev–Trinajstić information content (AvgIpc) is 3.35. The zero-order valence-electron chi connectivity index (χ0n) is 14.3. The molecular formula is C17H25N7. The number of hydrogen-bond donors (Lipinski definition) is 2. The Morgan fingerprint density at radius 1 is 1.25 bits per heavy atom. The van der Waals surface area contributed by atoms with E-state index in [4.69, 9.17) is 9.97 Å². The van der Waals surface area contributed by atoms with Crippen molar-refractivity contribution in [1.29, 1.82) is 0 Å². The van der Waals surface area contributed by atoms with Crippen LogP contribution in [0.5, 0.6) is 0 Å². The Kier molecular flexibility index (Phi) is 4.42. The fourth-order valence-electron chi connectivity index (χ4n) is 3.73. The van der Waals surface area contributed by atoms with Gasteiger partial charge < -0.3 is 15.2 Å². The van der Waals surface area contributed by atoms with Crippen LogP contribution in [-0.4, -0.2) is 31.3 Å².